The van der Waals surface area contributed by atoms with Gasteiger partial charge in [-0.25, -0.2) is 4.98 Å². The third-order valence-electron chi connectivity index (χ3n) is 2.08. The first-order chi connectivity index (χ1) is 7.22. The van der Waals surface area contributed by atoms with Gasteiger partial charge in [-0.2, -0.15) is 16.6 Å². The maximum absolute atomic E-state index is 8.79. The molecule has 0 aliphatic carbocycles. The van der Waals surface area contributed by atoms with Gasteiger partial charge in [0.2, 0.25) is 0 Å². The summed E-state index contributed by atoms with van der Waals surface area (Å²) >= 11 is 7.50. The van der Waals surface area contributed by atoms with E-state index in [2.05, 4.69) is 4.98 Å². The van der Waals surface area contributed by atoms with Crippen LogP contribution in [0.15, 0.2) is 22.9 Å². The first-order valence-electron chi connectivity index (χ1n) is 4.32. The molecule has 15 heavy (non-hydrogen) atoms. The minimum absolute atomic E-state index is 0.268. The predicted molar refractivity (Wildman–Crippen MR) is 62.0 cm³/mol. The van der Waals surface area contributed by atoms with Crippen molar-refractivity contribution in [3.63, 3.8) is 0 Å². The van der Waals surface area contributed by atoms with Crippen LogP contribution >= 0.6 is 22.9 Å². The van der Waals surface area contributed by atoms with E-state index in [4.69, 9.17) is 16.9 Å². The van der Waals surface area contributed by atoms with E-state index in [1.807, 2.05) is 29.8 Å². The molecule has 2 rings (SSSR count). The standard InChI is InChI=1S/C11H7ClN2S/c1-7-4-9(5-13)11(12)14-10(7)8-2-3-15-6-8/h2-4,6H,1H3. The second-order valence-corrected chi connectivity index (χ2v) is 4.25. The molecule has 2 heterocycles. The highest BCUT2D eigenvalue weighted by Crippen LogP contribution is 2.26. The van der Waals surface area contributed by atoms with E-state index in [-0.39, 0.29) is 5.15 Å². The minimum atomic E-state index is 0.268. The molecule has 0 atom stereocenters. The van der Waals surface area contributed by atoms with Crippen molar-refractivity contribution in [2.75, 3.05) is 0 Å². The van der Waals surface area contributed by atoms with E-state index in [9.17, 15) is 0 Å². The van der Waals surface area contributed by atoms with E-state index in [1.165, 1.54) is 0 Å². The van der Waals surface area contributed by atoms with Crippen LogP contribution in [0.5, 0.6) is 0 Å². The Balaban J connectivity index is 2.61. The van der Waals surface area contributed by atoms with Gasteiger partial charge in [0.05, 0.1) is 11.3 Å². The monoisotopic (exact) mass is 234 g/mol. The highest BCUT2D eigenvalue weighted by molar-refractivity contribution is 7.08. The van der Waals surface area contributed by atoms with Gasteiger partial charge in [-0.1, -0.05) is 11.6 Å². The summed E-state index contributed by atoms with van der Waals surface area (Å²) in [6, 6.07) is 5.77. The molecule has 0 amide bonds. The summed E-state index contributed by atoms with van der Waals surface area (Å²) in [5.74, 6) is 0. The Bertz CT molecular complexity index is 526. The molecule has 0 saturated heterocycles. The summed E-state index contributed by atoms with van der Waals surface area (Å²) < 4.78 is 0. The third kappa shape index (κ3) is 1.87. The molecule has 0 radical (unpaired) electrons. The molecule has 0 aliphatic heterocycles. The SMILES string of the molecule is Cc1cc(C#N)c(Cl)nc1-c1ccsc1. The summed E-state index contributed by atoms with van der Waals surface area (Å²) in [4.78, 5) is 4.24. The van der Waals surface area contributed by atoms with Crippen molar-refractivity contribution < 1.29 is 0 Å². The second kappa shape index (κ2) is 4.01. The van der Waals surface area contributed by atoms with Gasteiger partial charge in [0.1, 0.15) is 11.2 Å². The van der Waals surface area contributed by atoms with Gasteiger partial charge in [0.25, 0.3) is 0 Å². The Morgan fingerprint density at radius 3 is 2.93 bits per heavy atom. The molecule has 2 nitrogen and oxygen atoms in total. The number of pyridine rings is 1. The van der Waals surface area contributed by atoms with Crippen LogP contribution in [0.2, 0.25) is 5.15 Å². The number of hydrogen-bond acceptors (Lipinski definition) is 3. The van der Waals surface area contributed by atoms with Crippen LogP contribution in [-0.4, -0.2) is 4.98 Å². The van der Waals surface area contributed by atoms with Gasteiger partial charge in [0.15, 0.2) is 0 Å². The second-order valence-electron chi connectivity index (χ2n) is 3.12. The number of halogens is 1. The predicted octanol–water partition coefficient (Wildman–Crippen LogP) is 3.64. The minimum Gasteiger partial charge on any atom is -0.234 e. The number of thiophene rings is 1. The summed E-state index contributed by atoms with van der Waals surface area (Å²) in [7, 11) is 0. The van der Waals surface area contributed by atoms with Crippen molar-refractivity contribution in [3.05, 3.63) is 39.2 Å². The maximum atomic E-state index is 8.79. The van der Waals surface area contributed by atoms with Crippen LogP contribution < -0.4 is 0 Å². The average Bonchev–Trinajstić information content (AvgIpc) is 2.74. The molecule has 0 saturated carbocycles. The molecular formula is C11H7ClN2S. The molecule has 0 aromatic carbocycles. The number of rotatable bonds is 1. The first kappa shape index (κ1) is 10.2. The Kier molecular flexibility index (Phi) is 2.72. The van der Waals surface area contributed by atoms with Gasteiger partial charge in [0, 0.05) is 10.9 Å². The Morgan fingerprint density at radius 1 is 1.53 bits per heavy atom. The summed E-state index contributed by atoms with van der Waals surface area (Å²) in [6.45, 7) is 1.93. The van der Waals surface area contributed by atoms with E-state index in [0.717, 1.165) is 16.8 Å². The fraction of sp³-hybridized carbons (Fsp3) is 0.0909. The van der Waals surface area contributed by atoms with Crippen LogP contribution in [0.25, 0.3) is 11.3 Å². The van der Waals surface area contributed by atoms with Gasteiger partial charge in [-0.3, -0.25) is 0 Å². The highest BCUT2D eigenvalue weighted by atomic mass is 35.5. The van der Waals surface area contributed by atoms with Gasteiger partial charge < -0.3 is 0 Å². The Hall–Kier alpha value is -1.37. The number of hydrogen-bond donors (Lipinski definition) is 0. The van der Waals surface area contributed by atoms with Gasteiger partial charge >= 0.3 is 0 Å². The van der Waals surface area contributed by atoms with E-state index >= 15 is 0 Å². The molecule has 0 N–H and O–H groups in total. The van der Waals surface area contributed by atoms with Crippen molar-refractivity contribution in [2.24, 2.45) is 0 Å². The number of aromatic nitrogens is 1. The van der Waals surface area contributed by atoms with E-state index < -0.39 is 0 Å². The number of nitrogens with zero attached hydrogens (tertiary/aromatic N) is 2. The molecule has 0 fully saturated rings. The van der Waals surface area contributed by atoms with Gasteiger partial charge in [-0.05, 0) is 30.0 Å². The third-order valence-corrected chi connectivity index (χ3v) is 3.05. The molecule has 74 valence electrons. The van der Waals surface area contributed by atoms with Crippen molar-refractivity contribution in [2.45, 2.75) is 6.92 Å². The van der Waals surface area contributed by atoms with E-state index in [1.54, 1.807) is 17.4 Å². The molecule has 4 heteroatoms. The van der Waals surface area contributed by atoms with Crippen LogP contribution in [0.3, 0.4) is 0 Å². The molecule has 2 aromatic rings. The summed E-state index contributed by atoms with van der Waals surface area (Å²) in [6.07, 6.45) is 0. The molecule has 0 unspecified atom stereocenters. The lowest BCUT2D eigenvalue weighted by molar-refractivity contribution is 1.25. The van der Waals surface area contributed by atoms with Crippen LogP contribution in [0.4, 0.5) is 0 Å². The maximum Gasteiger partial charge on any atom is 0.147 e. The topological polar surface area (TPSA) is 36.7 Å². The van der Waals surface area contributed by atoms with Crippen molar-refractivity contribution in [3.8, 4) is 17.3 Å². The first-order valence-corrected chi connectivity index (χ1v) is 5.64. The largest absolute Gasteiger partial charge is 0.234 e. The fourth-order valence-corrected chi connectivity index (χ4v) is 2.18. The molecule has 0 spiro atoms. The lowest BCUT2D eigenvalue weighted by Crippen LogP contribution is -1.91. The van der Waals surface area contributed by atoms with Crippen LogP contribution in [0, 0.1) is 18.3 Å². The number of aryl methyl sites for hydroxylation is 1. The quantitative estimate of drug-likeness (QED) is 0.707. The molecule has 0 bridgehead atoms. The van der Waals surface area contributed by atoms with Crippen LogP contribution in [0.1, 0.15) is 11.1 Å². The fourth-order valence-electron chi connectivity index (χ4n) is 1.36. The molecule has 0 aliphatic rings. The number of nitriles is 1. The molecule has 2 aromatic heterocycles. The van der Waals surface area contributed by atoms with Crippen molar-refractivity contribution >= 4 is 22.9 Å². The van der Waals surface area contributed by atoms with Gasteiger partial charge in [-0.15, -0.1) is 0 Å². The van der Waals surface area contributed by atoms with Crippen LogP contribution in [-0.2, 0) is 0 Å². The Morgan fingerprint density at radius 2 is 2.33 bits per heavy atom. The lowest BCUT2D eigenvalue weighted by atomic mass is 10.1. The smallest absolute Gasteiger partial charge is 0.147 e. The van der Waals surface area contributed by atoms with Crippen molar-refractivity contribution in [1.82, 2.24) is 4.98 Å². The summed E-state index contributed by atoms with van der Waals surface area (Å²) in [5, 5.41) is 13.1. The van der Waals surface area contributed by atoms with Crippen molar-refractivity contribution in [1.29, 1.82) is 5.26 Å². The summed E-state index contributed by atoms with van der Waals surface area (Å²) in [5.41, 5.74) is 3.28. The average molecular weight is 235 g/mol. The lowest BCUT2D eigenvalue weighted by Gasteiger charge is -2.04. The molecular weight excluding hydrogens is 228 g/mol. The van der Waals surface area contributed by atoms with E-state index in [0.29, 0.717) is 5.56 Å². The zero-order valence-corrected chi connectivity index (χ0v) is 9.56. The normalized spacial score (nSPS) is 9.93. The zero-order valence-electron chi connectivity index (χ0n) is 7.99. The highest BCUT2D eigenvalue weighted by Gasteiger charge is 2.09. The Labute approximate surface area is 96.8 Å². The zero-order chi connectivity index (χ0) is 10.8.